The molecule has 3 nitrogen and oxygen atoms in total. The van der Waals surface area contributed by atoms with Gasteiger partial charge in [-0.15, -0.1) is 0 Å². The van der Waals surface area contributed by atoms with Gasteiger partial charge in [0.15, 0.2) is 0 Å². The number of hydrogen-bond donors (Lipinski definition) is 1. The highest BCUT2D eigenvalue weighted by molar-refractivity contribution is 5.94. The number of anilines is 1. The lowest BCUT2D eigenvalue weighted by molar-refractivity contribution is 0.0746. The highest BCUT2D eigenvalue weighted by Crippen LogP contribution is 2.12. The van der Waals surface area contributed by atoms with Gasteiger partial charge >= 0.3 is 0 Å². The highest BCUT2D eigenvalue weighted by Gasteiger charge is 2.14. The fourth-order valence-electron chi connectivity index (χ4n) is 1.91. The van der Waals surface area contributed by atoms with E-state index in [1.54, 1.807) is 0 Å². The van der Waals surface area contributed by atoms with Crippen molar-refractivity contribution in [3.8, 4) is 0 Å². The lowest BCUT2D eigenvalue weighted by atomic mass is 10.1. The Morgan fingerprint density at radius 2 is 1.83 bits per heavy atom. The normalized spacial score (nSPS) is 10.5. The third kappa shape index (κ3) is 4.06. The van der Waals surface area contributed by atoms with Gasteiger partial charge in [0.1, 0.15) is 0 Å². The largest absolute Gasteiger partial charge is 0.385 e. The first-order valence-electron chi connectivity index (χ1n) is 6.71. The van der Waals surface area contributed by atoms with Crippen LogP contribution in [-0.2, 0) is 0 Å². The number of nitrogens with one attached hydrogen (secondary N) is 1. The molecule has 1 amide bonds. The topological polar surface area (TPSA) is 32.3 Å². The summed E-state index contributed by atoms with van der Waals surface area (Å²) in [4.78, 5) is 14.2. The van der Waals surface area contributed by atoms with Crippen LogP contribution in [0.2, 0.25) is 0 Å². The second-order valence-corrected chi connectivity index (χ2v) is 4.85. The van der Waals surface area contributed by atoms with Gasteiger partial charge in [0.2, 0.25) is 0 Å². The van der Waals surface area contributed by atoms with Gasteiger partial charge in [-0.1, -0.05) is 13.8 Å². The standard InChI is InChI=1S/C15H24N2O/c1-5-16-14-9-7-13(8-10-14)15(18)17(6-2)11-12(3)4/h7-10,12,16H,5-6,11H2,1-4H3. The van der Waals surface area contributed by atoms with E-state index in [0.717, 1.165) is 30.9 Å². The van der Waals surface area contributed by atoms with Crippen molar-refractivity contribution in [1.29, 1.82) is 0 Å². The van der Waals surface area contributed by atoms with E-state index in [0.29, 0.717) is 5.92 Å². The van der Waals surface area contributed by atoms with Gasteiger partial charge in [-0.25, -0.2) is 0 Å². The predicted molar refractivity (Wildman–Crippen MR) is 77.0 cm³/mol. The number of amides is 1. The van der Waals surface area contributed by atoms with Crippen LogP contribution >= 0.6 is 0 Å². The number of benzene rings is 1. The fraction of sp³-hybridized carbons (Fsp3) is 0.533. The molecule has 0 saturated heterocycles. The van der Waals surface area contributed by atoms with Crippen molar-refractivity contribution in [3.63, 3.8) is 0 Å². The van der Waals surface area contributed by atoms with Crippen molar-refractivity contribution < 1.29 is 4.79 Å². The molecule has 1 N–H and O–H groups in total. The predicted octanol–water partition coefficient (Wildman–Crippen LogP) is 3.24. The molecular weight excluding hydrogens is 224 g/mol. The van der Waals surface area contributed by atoms with Gasteiger partial charge in [0, 0.05) is 30.9 Å². The Balaban J connectivity index is 2.75. The van der Waals surface area contributed by atoms with E-state index in [1.165, 1.54) is 0 Å². The summed E-state index contributed by atoms with van der Waals surface area (Å²) >= 11 is 0. The monoisotopic (exact) mass is 248 g/mol. The minimum absolute atomic E-state index is 0.120. The number of hydrogen-bond acceptors (Lipinski definition) is 2. The summed E-state index contributed by atoms with van der Waals surface area (Å²) in [5.41, 5.74) is 1.82. The molecule has 0 heterocycles. The number of nitrogens with zero attached hydrogens (tertiary/aromatic N) is 1. The van der Waals surface area contributed by atoms with E-state index in [4.69, 9.17) is 0 Å². The molecule has 18 heavy (non-hydrogen) atoms. The Kier molecular flexibility index (Phi) is 5.69. The average molecular weight is 248 g/mol. The summed E-state index contributed by atoms with van der Waals surface area (Å²) in [7, 11) is 0. The molecule has 0 aromatic heterocycles. The van der Waals surface area contributed by atoms with Crippen molar-refractivity contribution in [2.75, 3.05) is 25.0 Å². The molecule has 0 aliphatic heterocycles. The Bertz CT molecular complexity index is 371. The first kappa shape index (κ1) is 14.6. The van der Waals surface area contributed by atoms with E-state index in [2.05, 4.69) is 26.1 Å². The summed E-state index contributed by atoms with van der Waals surface area (Å²) in [6, 6.07) is 7.70. The number of rotatable bonds is 6. The lowest BCUT2D eigenvalue weighted by Crippen LogP contribution is -2.33. The minimum Gasteiger partial charge on any atom is -0.385 e. The summed E-state index contributed by atoms with van der Waals surface area (Å²) in [6.07, 6.45) is 0. The first-order valence-corrected chi connectivity index (χ1v) is 6.71. The van der Waals surface area contributed by atoms with E-state index >= 15 is 0 Å². The molecule has 0 saturated carbocycles. The molecule has 1 aromatic carbocycles. The molecule has 1 aromatic rings. The van der Waals surface area contributed by atoms with Gasteiger partial charge in [-0.2, -0.15) is 0 Å². The molecule has 0 fully saturated rings. The molecular formula is C15H24N2O. The smallest absolute Gasteiger partial charge is 0.253 e. The van der Waals surface area contributed by atoms with Crippen LogP contribution in [-0.4, -0.2) is 30.4 Å². The van der Waals surface area contributed by atoms with E-state index in [1.807, 2.05) is 36.1 Å². The zero-order valence-corrected chi connectivity index (χ0v) is 11.9. The summed E-state index contributed by atoms with van der Waals surface area (Å²) in [5.74, 6) is 0.615. The molecule has 100 valence electrons. The molecule has 0 atom stereocenters. The maximum Gasteiger partial charge on any atom is 0.253 e. The minimum atomic E-state index is 0.120. The molecule has 0 bridgehead atoms. The lowest BCUT2D eigenvalue weighted by Gasteiger charge is -2.23. The zero-order valence-electron chi connectivity index (χ0n) is 11.9. The van der Waals surface area contributed by atoms with Gasteiger partial charge in [-0.05, 0) is 44.0 Å². The van der Waals surface area contributed by atoms with Crippen LogP contribution in [0.25, 0.3) is 0 Å². The van der Waals surface area contributed by atoms with Gasteiger partial charge < -0.3 is 10.2 Å². The van der Waals surface area contributed by atoms with Gasteiger partial charge in [0.25, 0.3) is 5.91 Å². The maximum absolute atomic E-state index is 12.3. The second kappa shape index (κ2) is 7.04. The zero-order chi connectivity index (χ0) is 13.5. The highest BCUT2D eigenvalue weighted by atomic mass is 16.2. The molecule has 0 unspecified atom stereocenters. The first-order chi connectivity index (χ1) is 8.58. The van der Waals surface area contributed by atoms with Crippen molar-refractivity contribution in [1.82, 2.24) is 4.90 Å². The average Bonchev–Trinajstić information content (AvgIpc) is 2.36. The van der Waals surface area contributed by atoms with Crippen LogP contribution in [0.15, 0.2) is 24.3 Å². The Labute approximate surface area is 110 Å². The van der Waals surface area contributed by atoms with Gasteiger partial charge in [0.05, 0.1) is 0 Å². The van der Waals surface area contributed by atoms with E-state index in [-0.39, 0.29) is 5.91 Å². The third-order valence-electron chi connectivity index (χ3n) is 2.77. The Morgan fingerprint density at radius 1 is 1.22 bits per heavy atom. The molecule has 1 rings (SSSR count). The molecule has 0 aliphatic rings. The Morgan fingerprint density at radius 3 is 2.28 bits per heavy atom. The molecule has 0 spiro atoms. The number of carbonyl (C=O) groups excluding carboxylic acids is 1. The van der Waals surface area contributed by atoms with Crippen molar-refractivity contribution >= 4 is 11.6 Å². The van der Waals surface area contributed by atoms with Crippen LogP contribution in [0.3, 0.4) is 0 Å². The SMILES string of the molecule is CCNc1ccc(C(=O)N(CC)CC(C)C)cc1. The third-order valence-corrected chi connectivity index (χ3v) is 2.77. The molecule has 0 radical (unpaired) electrons. The van der Waals surface area contributed by atoms with Crippen molar-refractivity contribution in [2.45, 2.75) is 27.7 Å². The van der Waals surface area contributed by atoms with E-state index in [9.17, 15) is 4.79 Å². The molecule has 3 heteroatoms. The van der Waals surface area contributed by atoms with Crippen LogP contribution in [0.1, 0.15) is 38.1 Å². The summed E-state index contributed by atoms with van der Waals surface area (Å²) < 4.78 is 0. The molecule has 0 aliphatic carbocycles. The van der Waals surface area contributed by atoms with Crippen LogP contribution < -0.4 is 5.32 Å². The van der Waals surface area contributed by atoms with Crippen LogP contribution in [0.4, 0.5) is 5.69 Å². The summed E-state index contributed by atoms with van der Waals surface area (Å²) in [5, 5.41) is 3.22. The quantitative estimate of drug-likeness (QED) is 0.838. The van der Waals surface area contributed by atoms with Crippen LogP contribution in [0, 0.1) is 5.92 Å². The van der Waals surface area contributed by atoms with E-state index < -0.39 is 0 Å². The maximum atomic E-state index is 12.3. The van der Waals surface area contributed by atoms with Crippen molar-refractivity contribution in [3.05, 3.63) is 29.8 Å². The summed E-state index contributed by atoms with van der Waals surface area (Å²) in [6.45, 7) is 10.8. The van der Waals surface area contributed by atoms with Crippen molar-refractivity contribution in [2.24, 2.45) is 5.92 Å². The fourth-order valence-corrected chi connectivity index (χ4v) is 1.91. The number of carbonyl (C=O) groups is 1. The van der Waals surface area contributed by atoms with Crippen LogP contribution in [0.5, 0.6) is 0 Å². The van der Waals surface area contributed by atoms with Gasteiger partial charge in [-0.3, -0.25) is 4.79 Å². The second-order valence-electron chi connectivity index (χ2n) is 4.85. The Hall–Kier alpha value is -1.51.